The van der Waals surface area contributed by atoms with E-state index in [1.165, 1.54) is 6.07 Å². The molecule has 1 saturated carbocycles. The molecule has 7 nitrogen and oxygen atoms in total. The van der Waals surface area contributed by atoms with Crippen LogP contribution < -0.4 is 10.0 Å². The van der Waals surface area contributed by atoms with E-state index >= 15 is 0 Å². The number of carbonyl (C=O) groups is 2. The van der Waals surface area contributed by atoms with Gasteiger partial charge < -0.3 is 9.74 Å². The number of hydrogen-bond donors (Lipinski definition) is 2. The Morgan fingerprint density at radius 2 is 1.75 bits per heavy atom. The molecule has 2 fully saturated rings. The predicted molar refractivity (Wildman–Crippen MR) is 145 cm³/mol. The summed E-state index contributed by atoms with van der Waals surface area (Å²) >= 11 is 0. The van der Waals surface area contributed by atoms with Crippen molar-refractivity contribution in [3.63, 3.8) is 0 Å². The quantitative estimate of drug-likeness (QED) is 0.264. The van der Waals surface area contributed by atoms with E-state index in [4.69, 9.17) is 4.43 Å². The van der Waals surface area contributed by atoms with Gasteiger partial charge in [-0.25, -0.2) is 13.1 Å². The van der Waals surface area contributed by atoms with Crippen molar-refractivity contribution in [3.8, 4) is 0 Å². The van der Waals surface area contributed by atoms with Crippen LogP contribution in [0.4, 0.5) is 0 Å². The first-order chi connectivity index (χ1) is 16.5. The van der Waals surface area contributed by atoms with Crippen LogP contribution in [0.25, 0.3) is 0 Å². The van der Waals surface area contributed by atoms with Gasteiger partial charge in [-0.05, 0) is 57.0 Å². The van der Waals surface area contributed by atoms with E-state index in [1.807, 2.05) is 13.8 Å². The van der Waals surface area contributed by atoms with E-state index in [0.29, 0.717) is 0 Å². The van der Waals surface area contributed by atoms with Crippen LogP contribution in [0.15, 0.2) is 23.1 Å². The van der Waals surface area contributed by atoms with Crippen molar-refractivity contribution in [3.05, 3.63) is 29.3 Å². The number of nitrogens with one attached hydrogen (secondary N) is 2. The van der Waals surface area contributed by atoms with E-state index in [2.05, 4.69) is 43.9 Å². The molecule has 2 N–H and O–H groups in total. The fraction of sp³-hybridized carbons (Fsp3) is 0.704. The first-order valence-electron chi connectivity index (χ1n) is 13.2. The van der Waals surface area contributed by atoms with E-state index in [-0.39, 0.29) is 39.3 Å². The lowest BCUT2D eigenvalue weighted by Crippen LogP contribution is -2.66. The predicted octanol–water partition coefficient (Wildman–Crippen LogP) is 4.95. The van der Waals surface area contributed by atoms with Crippen molar-refractivity contribution in [1.82, 2.24) is 10.0 Å². The van der Waals surface area contributed by atoms with Crippen LogP contribution in [0.3, 0.4) is 0 Å². The Balaban J connectivity index is 1.83. The van der Waals surface area contributed by atoms with Crippen molar-refractivity contribution in [1.29, 1.82) is 0 Å². The summed E-state index contributed by atoms with van der Waals surface area (Å²) in [7, 11) is -5.97. The van der Waals surface area contributed by atoms with Gasteiger partial charge in [-0.15, -0.1) is 0 Å². The number of β-lactam (4-membered cyclic amide) rings is 1. The Labute approximate surface area is 218 Å². The Morgan fingerprint density at radius 1 is 1.14 bits per heavy atom. The Bertz CT molecular complexity index is 1090. The molecule has 1 aromatic rings. The standard InChI is InChI=1S/C27H44N2O5SSi/c1-17-14-15-22(35(32,33)29-20-12-10-9-11-13-20)21(16-17)25(30)18(2)24-23(26(31)28-24)19(3)34-36(7,8)27(4,5)6/h14-16,18-20,23-24,29H,9-13H2,1-8H3,(H,28,31)/t18-,19-,23-,24-/m1/s1. The molecule has 0 radical (unpaired) electrons. The molecule has 1 amide bonds. The molecule has 0 bridgehead atoms. The summed E-state index contributed by atoms with van der Waals surface area (Å²) in [4.78, 5) is 26.3. The number of Topliss-reactive ketones (excluding diaryl/α,β-unsaturated/α-hetero) is 1. The monoisotopic (exact) mass is 536 g/mol. The maximum Gasteiger partial charge on any atom is 0.241 e. The molecule has 4 atom stereocenters. The highest BCUT2D eigenvalue weighted by atomic mass is 32.2. The van der Waals surface area contributed by atoms with E-state index in [9.17, 15) is 18.0 Å². The summed E-state index contributed by atoms with van der Waals surface area (Å²) in [5.41, 5.74) is 0.995. The smallest absolute Gasteiger partial charge is 0.241 e. The average molecular weight is 537 g/mol. The first kappa shape index (κ1) is 29.0. The minimum atomic E-state index is -3.86. The van der Waals surface area contributed by atoms with Crippen molar-refractivity contribution in [2.75, 3.05) is 0 Å². The van der Waals surface area contributed by atoms with Crippen molar-refractivity contribution < 1.29 is 22.4 Å². The minimum absolute atomic E-state index is 0.00538. The average Bonchev–Trinajstić information content (AvgIpc) is 2.75. The zero-order valence-corrected chi connectivity index (χ0v) is 24.9. The van der Waals surface area contributed by atoms with Crippen molar-refractivity contribution in [2.24, 2.45) is 11.8 Å². The van der Waals surface area contributed by atoms with Crippen LogP contribution in [-0.4, -0.2) is 46.6 Å². The molecular weight excluding hydrogens is 492 g/mol. The molecule has 1 heterocycles. The zero-order chi connectivity index (χ0) is 27.1. The number of aryl methyl sites for hydroxylation is 1. The maximum absolute atomic E-state index is 13.7. The number of rotatable bonds is 9. The molecule has 1 aliphatic carbocycles. The van der Waals surface area contributed by atoms with Crippen LogP contribution in [0.2, 0.25) is 18.1 Å². The number of carbonyl (C=O) groups excluding carboxylic acids is 2. The molecular formula is C27H44N2O5SSi. The maximum atomic E-state index is 13.7. The zero-order valence-electron chi connectivity index (χ0n) is 23.1. The second-order valence-electron chi connectivity index (χ2n) is 12.3. The van der Waals surface area contributed by atoms with Crippen LogP contribution in [0.1, 0.15) is 82.6 Å². The second kappa shape index (κ2) is 10.7. The van der Waals surface area contributed by atoms with Crippen molar-refractivity contribution >= 4 is 30.0 Å². The minimum Gasteiger partial charge on any atom is -0.413 e. The molecule has 3 rings (SSSR count). The molecule has 9 heteroatoms. The van der Waals surface area contributed by atoms with Gasteiger partial charge in [-0.3, -0.25) is 9.59 Å². The number of hydrogen-bond acceptors (Lipinski definition) is 5. The van der Waals surface area contributed by atoms with Crippen molar-refractivity contribution in [2.45, 2.75) is 115 Å². The van der Waals surface area contributed by atoms with Gasteiger partial charge in [0.05, 0.1) is 23.0 Å². The van der Waals surface area contributed by atoms with Gasteiger partial charge >= 0.3 is 0 Å². The van der Waals surface area contributed by atoms with E-state index in [0.717, 1.165) is 37.7 Å². The molecule has 0 unspecified atom stereocenters. The number of amides is 1. The largest absolute Gasteiger partial charge is 0.413 e. The van der Waals surface area contributed by atoms with Gasteiger partial charge in [0.15, 0.2) is 14.1 Å². The molecule has 0 spiro atoms. The molecule has 1 aliphatic heterocycles. The molecule has 2 aliphatic rings. The Kier molecular flexibility index (Phi) is 8.60. The van der Waals surface area contributed by atoms with Gasteiger partial charge in [0, 0.05) is 17.5 Å². The highest BCUT2D eigenvalue weighted by molar-refractivity contribution is 7.89. The molecule has 0 aromatic heterocycles. The molecule has 1 saturated heterocycles. The summed E-state index contributed by atoms with van der Waals surface area (Å²) in [6.07, 6.45) is 4.41. The summed E-state index contributed by atoms with van der Waals surface area (Å²) in [6.45, 7) is 16.3. The molecule has 202 valence electrons. The van der Waals surface area contributed by atoms with Gasteiger partial charge in [-0.2, -0.15) is 0 Å². The molecule has 36 heavy (non-hydrogen) atoms. The lowest BCUT2D eigenvalue weighted by atomic mass is 9.76. The third-order valence-corrected chi connectivity index (χ3v) is 14.5. The summed E-state index contributed by atoms with van der Waals surface area (Å²) in [6, 6.07) is 4.39. The van der Waals surface area contributed by atoms with Crippen LogP contribution in [0, 0.1) is 18.8 Å². The third kappa shape index (κ3) is 6.11. The van der Waals surface area contributed by atoms with Gasteiger partial charge in [0.1, 0.15) is 0 Å². The third-order valence-electron chi connectivity index (χ3n) is 8.36. The van der Waals surface area contributed by atoms with Crippen LogP contribution >= 0.6 is 0 Å². The fourth-order valence-electron chi connectivity index (χ4n) is 5.06. The van der Waals surface area contributed by atoms with Crippen LogP contribution in [0.5, 0.6) is 0 Å². The van der Waals surface area contributed by atoms with E-state index in [1.54, 1.807) is 19.1 Å². The van der Waals surface area contributed by atoms with E-state index < -0.39 is 36.2 Å². The van der Waals surface area contributed by atoms with Gasteiger partial charge in [-0.1, -0.05) is 58.6 Å². The summed E-state index contributed by atoms with van der Waals surface area (Å²) in [5.74, 6) is -1.45. The van der Waals surface area contributed by atoms with Crippen LogP contribution in [-0.2, 0) is 19.2 Å². The SMILES string of the molecule is Cc1ccc(S(=O)(=O)NC2CCCCC2)c(C(=O)[C@H](C)[C@H]2NC(=O)[C@@H]2[C@@H](C)O[Si](C)(C)C(C)(C)C)c1. The molecule has 1 aromatic carbocycles. The Morgan fingerprint density at radius 3 is 2.31 bits per heavy atom. The second-order valence-corrected chi connectivity index (χ2v) is 18.7. The first-order valence-corrected chi connectivity index (χ1v) is 17.6. The Hall–Kier alpha value is -1.55. The van der Waals surface area contributed by atoms with Gasteiger partial charge in [0.2, 0.25) is 15.9 Å². The number of benzene rings is 1. The number of ketones is 1. The van der Waals surface area contributed by atoms with Gasteiger partial charge in [0.25, 0.3) is 0 Å². The summed E-state index contributed by atoms with van der Waals surface area (Å²) in [5, 5.41) is 2.89. The number of sulfonamides is 1. The fourth-order valence-corrected chi connectivity index (χ4v) is 7.98. The highest BCUT2D eigenvalue weighted by Gasteiger charge is 2.50. The lowest BCUT2D eigenvalue weighted by Gasteiger charge is -2.47. The summed E-state index contributed by atoms with van der Waals surface area (Å²) < 4.78 is 36.0. The lowest BCUT2D eigenvalue weighted by molar-refractivity contribution is -0.141. The highest BCUT2D eigenvalue weighted by Crippen LogP contribution is 2.40. The normalized spacial score (nSPS) is 23.5. The topological polar surface area (TPSA) is 102 Å².